The molecule has 0 aromatic heterocycles. The van der Waals surface area contributed by atoms with Gasteiger partial charge in [0.1, 0.15) is 5.82 Å². The predicted molar refractivity (Wildman–Crippen MR) is 132 cm³/mol. The molecule has 40 heavy (non-hydrogen) atoms. The number of rotatable bonds is 6. The number of carbonyl (C=O) groups excluding carboxylic acids is 2. The van der Waals surface area contributed by atoms with Crippen LogP contribution in [-0.4, -0.2) is 52.5 Å². The molecule has 1 aliphatic rings. The Morgan fingerprint density at radius 2 is 1.57 bits per heavy atom. The molecule has 1 aliphatic heterocycles. The Morgan fingerprint density at radius 3 is 2.08 bits per heavy atom. The molecule has 0 radical (unpaired) electrons. The normalized spacial score (nSPS) is 18.6. The van der Waals surface area contributed by atoms with E-state index in [4.69, 9.17) is 0 Å². The van der Waals surface area contributed by atoms with E-state index in [0.29, 0.717) is 23.3 Å². The van der Waals surface area contributed by atoms with E-state index in [1.807, 2.05) is 0 Å². The van der Waals surface area contributed by atoms with Gasteiger partial charge in [0, 0.05) is 38.5 Å². The molecular weight excluding hydrogens is 545 g/mol. The SMILES string of the molecule is Cc1cc(F)ccc1[C@@H]1CN(C(=O)CC(C)(C)O)CC[C@H]1C(=O)N(C)Cc1cc(C(F)(F)F)cc(C(F)(F)F)c1. The topological polar surface area (TPSA) is 60.9 Å². The summed E-state index contributed by atoms with van der Waals surface area (Å²) in [5.41, 5.74) is -3.45. The highest BCUT2D eigenvalue weighted by Gasteiger charge is 2.40. The van der Waals surface area contributed by atoms with Crippen molar-refractivity contribution in [2.24, 2.45) is 5.92 Å². The first-order chi connectivity index (χ1) is 18.3. The minimum absolute atomic E-state index is 0.0268. The van der Waals surface area contributed by atoms with Crippen molar-refractivity contribution in [3.63, 3.8) is 0 Å². The Kier molecular flexibility index (Phi) is 8.93. The number of amides is 2. The number of piperidine rings is 1. The summed E-state index contributed by atoms with van der Waals surface area (Å²) in [6.07, 6.45) is -10.1. The summed E-state index contributed by atoms with van der Waals surface area (Å²) in [7, 11) is 1.29. The quantitative estimate of drug-likeness (QED) is 0.435. The zero-order valence-corrected chi connectivity index (χ0v) is 22.5. The van der Waals surface area contributed by atoms with Crippen LogP contribution in [-0.2, 0) is 28.5 Å². The van der Waals surface area contributed by atoms with Crippen molar-refractivity contribution in [2.75, 3.05) is 20.1 Å². The average molecular weight is 577 g/mol. The zero-order chi connectivity index (χ0) is 30.2. The molecule has 1 N–H and O–H groups in total. The minimum Gasteiger partial charge on any atom is -0.390 e. The summed E-state index contributed by atoms with van der Waals surface area (Å²) < 4.78 is 93.7. The van der Waals surface area contributed by atoms with Crippen molar-refractivity contribution in [3.05, 3.63) is 70.0 Å². The summed E-state index contributed by atoms with van der Waals surface area (Å²) >= 11 is 0. The highest BCUT2D eigenvalue weighted by molar-refractivity contribution is 5.81. The summed E-state index contributed by atoms with van der Waals surface area (Å²) in [6.45, 7) is 4.30. The van der Waals surface area contributed by atoms with Gasteiger partial charge in [0.15, 0.2) is 0 Å². The lowest BCUT2D eigenvalue weighted by Crippen LogP contribution is -2.48. The number of aliphatic hydroxyl groups is 1. The summed E-state index contributed by atoms with van der Waals surface area (Å²) in [6, 6.07) is 5.18. The Labute approximate surface area is 227 Å². The second kappa shape index (κ2) is 11.4. The maximum Gasteiger partial charge on any atom is 0.416 e. The van der Waals surface area contributed by atoms with E-state index in [1.54, 1.807) is 6.92 Å². The van der Waals surface area contributed by atoms with Gasteiger partial charge in [0.2, 0.25) is 11.8 Å². The van der Waals surface area contributed by atoms with Crippen LogP contribution in [0.15, 0.2) is 36.4 Å². The molecule has 2 atom stereocenters. The number of benzene rings is 2. The van der Waals surface area contributed by atoms with Gasteiger partial charge >= 0.3 is 12.4 Å². The summed E-state index contributed by atoms with van der Waals surface area (Å²) in [5, 5.41) is 10.1. The molecule has 0 unspecified atom stereocenters. The number of halogens is 7. The van der Waals surface area contributed by atoms with Crippen molar-refractivity contribution in [1.29, 1.82) is 0 Å². The number of carbonyl (C=O) groups is 2. The first kappa shape index (κ1) is 31.4. The molecule has 0 spiro atoms. The first-order valence-electron chi connectivity index (χ1n) is 12.6. The molecule has 0 bridgehead atoms. The lowest BCUT2D eigenvalue weighted by atomic mass is 9.78. The van der Waals surface area contributed by atoms with Crippen LogP contribution in [0.4, 0.5) is 30.7 Å². The molecule has 12 heteroatoms. The lowest BCUT2D eigenvalue weighted by molar-refractivity contribution is -0.144. The average Bonchev–Trinajstić information content (AvgIpc) is 2.81. The molecule has 2 amide bonds. The van der Waals surface area contributed by atoms with Gasteiger partial charge < -0.3 is 14.9 Å². The third kappa shape index (κ3) is 7.74. The van der Waals surface area contributed by atoms with Gasteiger partial charge in [-0.25, -0.2) is 4.39 Å². The number of hydrogen-bond donors (Lipinski definition) is 1. The van der Waals surface area contributed by atoms with E-state index >= 15 is 0 Å². The van der Waals surface area contributed by atoms with Crippen molar-refractivity contribution in [2.45, 2.75) is 64.0 Å². The third-order valence-corrected chi connectivity index (χ3v) is 6.94. The van der Waals surface area contributed by atoms with E-state index in [0.717, 1.165) is 4.90 Å². The van der Waals surface area contributed by atoms with Crippen LogP contribution in [0, 0.1) is 18.7 Å². The van der Waals surface area contributed by atoms with Crippen molar-refractivity contribution in [3.8, 4) is 0 Å². The third-order valence-electron chi connectivity index (χ3n) is 6.94. The van der Waals surface area contributed by atoms with E-state index in [9.17, 15) is 45.4 Å². The van der Waals surface area contributed by atoms with E-state index in [1.165, 1.54) is 44.0 Å². The Morgan fingerprint density at radius 1 is 1.00 bits per heavy atom. The van der Waals surface area contributed by atoms with Crippen molar-refractivity contribution in [1.82, 2.24) is 9.80 Å². The Hall–Kier alpha value is -3.15. The van der Waals surface area contributed by atoms with Gasteiger partial charge in [-0.15, -0.1) is 0 Å². The number of hydrogen-bond acceptors (Lipinski definition) is 3. The smallest absolute Gasteiger partial charge is 0.390 e. The number of alkyl halides is 6. The highest BCUT2D eigenvalue weighted by Crippen LogP contribution is 2.38. The maximum atomic E-state index is 13.8. The Bertz CT molecular complexity index is 1220. The summed E-state index contributed by atoms with van der Waals surface area (Å²) in [4.78, 5) is 29.0. The van der Waals surface area contributed by atoms with Crippen LogP contribution in [0.1, 0.15) is 60.4 Å². The molecule has 1 heterocycles. The monoisotopic (exact) mass is 576 g/mol. The highest BCUT2D eigenvalue weighted by atomic mass is 19.4. The molecule has 2 aromatic rings. The fourth-order valence-electron chi connectivity index (χ4n) is 5.07. The van der Waals surface area contributed by atoms with Gasteiger partial charge in [0.25, 0.3) is 0 Å². The lowest BCUT2D eigenvalue weighted by Gasteiger charge is -2.40. The largest absolute Gasteiger partial charge is 0.416 e. The van der Waals surface area contributed by atoms with Crippen LogP contribution in [0.3, 0.4) is 0 Å². The van der Waals surface area contributed by atoms with Crippen LogP contribution in [0.2, 0.25) is 0 Å². The van der Waals surface area contributed by atoms with E-state index < -0.39 is 59.2 Å². The fraction of sp³-hybridized carbons (Fsp3) is 0.500. The number of likely N-dealkylation sites (tertiary alicyclic amines) is 1. The summed E-state index contributed by atoms with van der Waals surface area (Å²) in [5.74, 6) is -2.79. The van der Waals surface area contributed by atoms with Crippen LogP contribution in [0.25, 0.3) is 0 Å². The molecule has 3 rings (SSSR count). The maximum absolute atomic E-state index is 13.8. The second-order valence-electron chi connectivity index (χ2n) is 10.9. The molecule has 220 valence electrons. The van der Waals surface area contributed by atoms with E-state index in [2.05, 4.69) is 0 Å². The molecule has 0 saturated carbocycles. The number of aryl methyl sites for hydroxylation is 1. The van der Waals surface area contributed by atoms with Gasteiger partial charge in [-0.3, -0.25) is 9.59 Å². The molecule has 1 saturated heterocycles. The van der Waals surface area contributed by atoms with Gasteiger partial charge in [-0.05, 0) is 74.2 Å². The number of nitrogens with zero attached hydrogens (tertiary/aromatic N) is 2. The second-order valence-corrected chi connectivity index (χ2v) is 10.9. The van der Waals surface area contributed by atoms with Crippen LogP contribution in [0.5, 0.6) is 0 Å². The van der Waals surface area contributed by atoms with E-state index in [-0.39, 0.29) is 43.5 Å². The first-order valence-corrected chi connectivity index (χ1v) is 12.6. The molecule has 1 fully saturated rings. The van der Waals surface area contributed by atoms with Crippen molar-refractivity contribution < 1.29 is 45.4 Å². The van der Waals surface area contributed by atoms with Gasteiger partial charge in [0.05, 0.1) is 23.1 Å². The van der Waals surface area contributed by atoms with Crippen LogP contribution < -0.4 is 0 Å². The molecular formula is C28H31F7N2O3. The molecule has 0 aliphatic carbocycles. The van der Waals surface area contributed by atoms with Crippen molar-refractivity contribution >= 4 is 11.8 Å². The van der Waals surface area contributed by atoms with Crippen LogP contribution >= 0.6 is 0 Å². The predicted octanol–water partition coefficient (Wildman–Crippen LogP) is 5.92. The fourth-order valence-corrected chi connectivity index (χ4v) is 5.07. The minimum atomic E-state index is -5.02. The standard InChI is InChI=1S/C28H31F7N2O3/c1-16-9-20(29)5-6-21(16)23-15-37(24(38)13-26(2,3)40)8-7-22(23)25(39)36(4)14-17-10-18(27(30,31)32)12-19(11-17)28(33,34)35/h5-6,9-12,22-23,40H,7-8,13-15H2,1-4H3/t22-,23+/m1/s1. The van der Waals surface area contributed by atoms with Gasteiger partial charge in [-0.2, -0.15) is 26.3 Å². The molecule has 2 aromatic carbocycles. The van der Waals surface area contributed by atoms with Gasteiger partial charge in [-0.1, -0.05) is 6.07 Å². The Balaban J connectivity index is 1.92. The zero-order valence-electron chi connectivity index (χ0n) is 22.5. The molecule has 5 nitrogen and oxygen atoms in total.